The normalized spacial score (nSPS) is 39.6. The Bertz CT molecular complexity index is 1300. The van der Waals surface area contributed by atoms with Crippen molar-refractivity contribution in [2.75, 3.05) is 18.1 Å². The lowest BCUT2D eigenvalue weighted by Crippen LogP contribution is -2.61. The summed E-state index contributed by atoms with van der Waals surface area (Å²) in [5.41, 5.74) is 0.0483. The van der Waals surface area contributed by atoms with Gasteiger partial charge in [-0.2, -0.15) is 9.97 Å². The number of nitrogens with one attached hydrogen (secondary N) is 1. The van der Waals surface area contributed by atoms with Gasteiger partial charge in [0.2, 0.25) is 5.28 Å². The number of halogens is 1. The first-order valence-electron chi connectivity index (χ1n) is 13.9. The lowest BCUT2D eigenvalue weighted by molar-refractivity contribution is -0.0973. The third kappa shape index (κ3) is 5.25. The summed E-state index contributed by atoms with van der Waals surface area (Å²) in [4.78, 5) is 31.6. The number of aliphatic hydroxyl groups is 2. The van der Waals surface area contributed by atoms with Gasteiger partial charge in [-0.25, -0.2) is 4.98 Å². The van der Waals surface area contributed by atoms with E-state index in [9.17, 15) is 14.8 Å². The quantitative estimate of drug-likeness (QED) is 0.166. The number of hydrogen-bond acceptors (Lipinski definition) is 8. The molecule has 2 aromatic rings. The molecule has 5 fully saturated rings. The van der Waals surface area contributed by atoms with Crippen molar-refractivity contribution in [1.82, 2.24) is 19.5 Å². The molecule has 0 spiro atoms. The smallest absolute Gasteiger partial charge is 0.325 e. The minimum Gasteiger partial charge on any atom is -0.385 e. The molecule has 4 bridgehead atoms. The summed E-state index contributed by atoms with van der Waals surface area (Å²) in [5, 5.41) is 26.1. The Labute approximate surface area is 232 Å². The fraction of sp³-hybridized carbons (Fsp3) is 0.808. The van der Waals surface area contributed by atoms with Crippen LogP contribution in [0.5, 0.6) is 0 Å². The van der Waals surface area contributed by atoms with Gasteiger partial charge >= 0.3 is 7.60 Å². The molecule has 5 aliphatic rings. The maximum atomic E-state index is 11.1. The van der Waals surface area contributed by atoms with Crippen molar-refractivity contribution >= 4 is 36.2 Å². The van der Waals surface area contributed by atoms with Crippen LogP contribution in [-0.4, -0.2) is 69.5 Å². The van der Waals surface area contributed by atoms with Gasteiger partial charge < -0.3 is 30.1 Å². The molecule has 5 N–H and O–H groups in total. The molecule has 1 saturated heterocycles. The van der Waals surface area contributed by atoms with E-state index < -0.39 is 25.5 Å². The predicted molar refractivity (Wildman–Crippen MR) is 145 cm³/mol. The van der Waals surface area contributed by atoms with E-state index in [4.69, 9.17) is 26.1 Å². The molecule has 2 aromatic heterocycles. The highest BCUT2D eigenvalue weighted by Gasteiger charge is 2.60. The molecule has 11 nitrogen and oxygen atoms in total. The molecule has 2 unspecified atom stereocenters. The second-order valence-electron chi connectivity index (χ2n) is 13.6. The number of hydrogen-bond donors (Lipinski definition) is 5. The Morgan fingerprint density at radius 1 is 1.13 bits per heavy atom. The molecule has 4 aliphatic carbocycles. The maximum absolute atomic E-state index is 11.1. The van der Waals surface area contributed by atoms with Crippen molar-refractivity contribution in [3.8, 4) is 0 Å². The van der Waals surface area contributed by atoms with Gasteiger partial charge in [0.15, 0.2) is 23.2 Å². The minimum absolute atomic E-state index is 0.0687. The molecule has 0 aromatic carbocycles. The first kappa shape index (κ1) is 27.8. The number of fused-ring (bicyclic) bond motifs is 1. The average molecular weight is 584 g/mol. The highest BCUT2D eigenvalue weighted by molar-refractivity contribution is 7.51. The van der Waals surface area contributed by atoms with Crippen LogP contribution in [0.25, 0.3) is 11.2 Å². The van der Waals surface area contributed by atoms with Gasteiger partial charge in [0, 0.05) is 11.7 Å². The summed E-state index contributed by atoms with van der Waals surface area (Å²) in [7, 11) is -4.04. The molecular weight excluding hydrogens is 545 g/mol. The van der Waals surface area contributed by atoms with Gasteiger partial charge in [0.1, 0.15) is 11.7 Å². The van der Waals surface area contributed by atoms with Crippen LogP contribution in [0.15, 0.2) is 6.33 Å². The monoisotopic (exact) mass is 583 g/mol. The number of rotatable bonds is 9. The van der Waals surface area contributed by atoms with Crippen LogP contribution in [0.1, 0.15) is 84.3 Å². The topological polar surface area (TPSA) is 163 Å². The van der Waals surface area contributed by atoms with Crippen LogP contribution in [-0.2, 0) is 9.30 Å². The molecule has 0 radical (unpaired) electrons. The Morgan fingerprint density at radius 2 is 1.85 bits per heavy atom. The summed E-state index contributed by atoms with van der Waals surface area (Å²) >= 11 is 6.41. The van der Waals surface area contributed by atoms with Crippen molar-refractivity contribution in [3.05, 3.63) is 11.6 Å². The van der Waals surface area contributed by atoms with Crippen molar-refractivity contribution in [1.29, 1.82) is 0 Å². The molecule has 4 saturated carbocycles. The zero-order valence-corrected chi connectivity index (χ0v) is 24.2. The number of ether oxygens (including phenoxy) is 1. The SMILES string of the molecule is C[C@]12C[C@@H]3C[C@](C)(C1)C[C@@](Nc1nc(Cl)nc4c1ncn4[C@@H]1OCC(O)(CCCCCP(=O)(O)O)C1O)(C3)C2. The van der Waals surface area contributed by atoms with Crippen molar-refractivity contribution in [3.63, 3.8) is 0 Å². The van der Waals surface area contributed by atoms with E-state index in [-0.39, 0.29) is 30.0 Å². The van der Waals surface area contributed by atoms with Gasteiger partial charge in [0.25, 0.3) is 0 Å². The largest absolute Gasteiger partial charge is 0.385 e. The van der Waals surface area contributed by atoms with Crippen molar-refractivity contribution < 1.29 is 29.3 Å². The Morgan fingerprint density at radius 3 is 2.51 bits per heavy atom. The van der Waals surface area contributed by atoms with E-state index in [1.807, 2.05) is 0 Å². The molecule has 7 atom stereocenters. The van der Waals surface area contributed by atoms with Crippen molar-refractivity contribution in [2.24, 2.45) is 16.7 Å². The molecule has 7 rings (SSSR count). The van der Waals surface area contributed by atoms with E-state index in [2.05, 4.69) is 34.1 Å². The molecule has 216 valence electrons. The maximum Gasteiger partial charge on any atom is 0.325 e. The number of imidazole rings is 1. The van der Waals surface area contributed by atoms with Crippen LogP contribution in [0.2, 0.25) is 5.28 Å². The van der Waals surface area contributed by atoms with Crippen LogP contribution >= 0.6 is 19.2 Å². The van der Waals surface area contributed by atoms with Gasteiger partial charge in [-0.05, 0) is 79.7 Å². The Kier molecular flexibility index (Phi) is 6.66. The van der Waals surface area contributed by atoms with E-state index in [1.54, 1.807) is 10.9 Å². The summed E-state index contributed by atoms with van der Waals surface area (Å²) in [6, 6.07) is 0. The van der Waals surface area contributed by atoms with Crippen LogP contribution in [0.4, 0.5) is 5.82 Å². The molecule has 0 amide bonds. The van der Waals surface area contributed by atoms with Gasteiger partial charge in [-0.15, -0.1) is 0 Å². The van der Waals surface area contributed by atoms with Crippen LogP contribution in [0, 0.1) is 16.7 Å². The molecule has 3 heterocycles. The van der Waals surface area contributed by atoms with Crippen LogP contribution < -0.4 is 5.32 Å². The molecular formula is C26H39ClN5O6P. The van der Waals surface area contributed by atoms with Gasteiger partial charge in [0.05, 0.1) is 12.9 Å². The van der Waals surface area contributed by atoms with E-state index in [0.29, 0.717) is 53.0 Å². The lowest BCUT2D eigenvalue weighted by Gasteiger charge is -2.65. The summed E-state index contributed by atoms with van der Waals surface area (Å²) in [6.45, 7) is 4.75. The summed E-state index contributed by atoms with van der Waals surface area (Å²) in [5.74, 6) is 1.29. The van der Waals surface area contributed by atoms with Crippen molar-refractivity contribution in [2.45, 2.75) is 102 Å². The fourth-order valence-corrected chi connectivity index (χ4v) is 9.85. The minimum atomic E-state index is -4.04. The second-order valence-corrected chi connectivity index (χ2v) is 15.8. The third-order valence-electron chi connectivity index (χ3n) is 9.56. The molecule has 1 aliphatic heterocycles. The average Bonchev–Trinajstić information content (AvgIpc) is 3.31. The van der Waals surface area contributed by atoms with E-state index in [0.717, 1.165) is 19.3 Å². The summed E-state index contributed by atoms with van der Waals surface area (Å²) in [6.07, 6.45) is 7.91. The first-order valence-corrected chi connectivity index (χ1v) is 16.1. The zero-order valence-electron chi connectivity index (χ0n) is 22.5. The third-order valence-corrected chi connectivity index (χ3v) is 10.6. The Balaban J connectivity index is 1.21. The number of aliphatic hydroxyl groups excluding tert-OH is 1. The highest BCUT2D eigenvalue weighted by Crippen LogP contribution is 2.67. The van der Waals surface area contributed by atoms with Crippen LogP contribution in [0.3, 0.4) is 0 Å². The summed E-state index contributed by atoms with van der Waals surface area (Å²) < 4.78 is 18.5. The standard InChI is InChI=1S/C26H39ClN5O6P/c1-23-8-16-9-24(2,11-23)13-25(10-16,12-23)31-19-17-20(30-22(27)29-19)32(15-28-17)21-18(33)26(34,14-38-21)6-4-3-5-7-39(35,36)37/h15-16,18,21,33-34H,3-14H2,1-2H3,(H,29,30,31)(H2,35,36,37)/t16-,18?,21-,23+,24-,25-,26?/m1/s1. The van der Waals surface area contributed by atoms with Gasteiger partial charge in [-0.1, -0.05) is 26.7 Å². The zero-order chi connectivity index (χ0) is 27.8. The van der Waals surface area contributed by atoms with E-state index in [1.165, 1.54) is 19.3 Å². The predicted octanol–water partition coefficient (Wildman–Crippen LogP) is 4.00. The fourth-order valence-electron chi connectivity index (χ4n) is 9.05. The molecule has 13 heteroatoms. The van der Waals surface area contributed by atoms with Gasteiger partial charge in [-0.3, -0.25) is 9.13 Å². The number of anilines is 1. The molecule has 39 heavy (non-hydrogen) atoms. The number of unbranched alkanes of at least 4 members (excludes halogenated alkanes) is 2. The second kappa shape index (κ2) is 9.34. The number of nitrogens with zero attached hydrogens (tertiary/aromatic N) is 4. The first-order chi connectivity index (χ1) is 18.2. The van der Waals surface area contributed by atoms with E-state index >= 15 is 0 Å². The highest BCUT2D eigenvalue weighted by atomic mass is 35.5. The number of aromatic nitrogens is 4. The lowest BCUT2D eigenvalue weighted by atomic mass is 9.43. The Hall–Kier alpha value is -1.33.